The summed E-state index contributed by atoms with van der Waals surface area (Å²) in [5.41, 5.74) is 0.194. The molecule has 0 aliphatic rings. The molecule has 0 unspecified atom stereocenters. The number of aromatic carboxylic acids is 1. The minimum absolute atomic E-state index is 0.0558. The molecule has 0 atom stereocenters. The van der Waals surface area contributed by atoms with Gasteiger partial charge in [-0.05, 0) is 36.4 Å². The van der Waals surface area contributed by atoms with E-state index in [0.717, 1.165) is 6.07 Å². The molecule has 2 rings (SSSR count). The van der Waals surface area contributed by atoms with Crippen LogP contribution in [0, 0.1) is 5.82 Å². The lowest BCUT2D eigenvalue weighted by molar-refractivity contribution is 0.0698. The zero-order valence-corrected chi connectivity index (χ0v) is 12.7. The Morgan fingerprint density at radius 3 is 2.52 bits per heavy atom. The van der Waals surface area contributed by atoms with Crippen LogP contribution in [0.25, 0.3) is 0 Å². The molecule has 7 heteroatoms. The van der Waals surface area contributed by atoms with Gasteiger partial charge in [0.05, 0.1) is 16.3 Å². The third kappa shape index (κ3) is 3.59. The summed E-state index contributed by atoms with van der Waals surface area (Å²) in [5.74, 6) is -2.39. The molecule has 2 N–H and O–H groups in total. The summed E-state index contributed by atoms with van der Waals surface area (Å²) in [6.45, 7) is 0. The van der Waals surface area contributed by atoms with E-state index < -0.39 is 17.7 Å². The first-order valence-electron chi connectivity index (χ1n) is 5.67. The second kappa shape index (κ2) is 6.24. The number of benzene rings is 2. The lowest BCUT2D eigenvalue weighted by Crippen LogP contribution is -2.15. The Labute approximate surface area is 132 Å². The predicted molar refractivity (Wildman–Crippen MR) is 80.5 cm³/mol. The number of nitrogens with one attached hydrogen (secondary N) is 1. The number of carboxylic acids is 1. The Kier molecular flexibility index (Phi) is 4.59. The molecular weight excluding hydrogens is 365 g/mol. The lowest BCUT2D eigenvalue weighted by atomic mass is 10.1. The molecular formula is C14H8BrClFNO3. The fourth-order valence-electron chi connectivity index (χ4n) is 1.64. The molecule has 21 heavy (non-hydrogen) atoms. The van der Waals surface area contributed by atoms with Gasteiger partial charge in [0, 0.05) is 10.0 Å². The number of rotatable bonds is 3. The van der Waals surface area contributed by atoms with Gasteiger partial charge in [-0.1, -0.05) is 27.5 Å². The average Bonchev–Trinajstić information content (AvgIpc) is 2.41. The van der Waals surface area contributed by atoms with Crippen molar-refractivity contribution < 1.29 is 19.1 Å². The molecule has 0 spiro atoms. The Balaban J connectivity index is 2.33. The summed E-state index contributed by atoms with van der Waals surface area (Å²) in [5, 5.41) is 11.4. The maximum absolute atomic E-state index is 13.1. The van der Waals surface area contributed by atoms with Crippen LogP contribution < -0.4 is 5.32 Å². The van der Waals surface area contributed by atoms with Crippen molar-refractivity contribution in [3.05, 3.63) is 62.8 Å². The molecule has 0 aliphatic heterocycles. The Hall–Kier alpha value is -1.92. The van der Waals surface area contributed by atoms with Crippen LogP contribution in [-0.2, 0) is 0 Å². The van der Waals surface area contributed by atoms with Crippen LogP contribution >= 0.6 is 27.5 Å². The van der Waals surface area contributed by atoms with Gasteiger partial charge in [0.1, 0.15) is 5.82 Å². The summed E-state index contributed by atoms with van der Waals surface area (Å²) >= 11 is 8.81. The Morgan fingerprint density at radius 2 is 1.90 bits per heavy atom. The minimum Gasteiger partial charge on any atom is -0.478 e. The van der Waals surface area contributed by atoms with E-state index in [0.29, 0.717) is 4.47 Å². The topological polar surface area (TPSA) is 66.4 Å². The first kappa shape index (κ1) is 15.5. The molecule has 0 heterocycles. The third-order valence-electron chi connectivity index (χ3n) is 2.64. The second-order valence-electron chi connectivity index (χ2n) is 4.08. The van der Waals surface area contributed by atoms with Gasteiger partial charge in [0.2, 0.25) is 0 Å². The SMILES string of the molecule is O=C(Nc1cc(Br)ccc1C(=O)O)c1ccc(F)c(Cl)c1. The predicted octanol–water partition coefficient (Wildman–Crippen LogP) is 4.19. The average molecular weight is 373 g/mol. The number of hydrogen-bond acceptors (Lipinski definition) is 2. The molecule has 0 fully saturated rings. The van der Waals surface area contributed by atoms with E-state index in [2.05, 4.69) is 21.2 Å². The molecule has 0 saturated carbocycles. The third-order valence-corrected chi connectivity index (χ3v) is 3.42. The number of carboxylic acid groups (broad SMARTS) is 1. The first-order valence-corrected chi connectivity index (χ1v) is 6.85. The number of anilines is 1. The molecule has 0 aliphatic carbocycles. The van der Waals surface area contributed by atoms with E-state index in [1.54, 1.807) is 6.07 Å². The largest absolute Gasteiger partial charge is 0.478 e. The van der Waals surface area contributed by atoms with Crippen LogP contribution in [0.2, 0.25) is 5.02 Å². The van der Waals surface area contributed by atoms with Crippen LogP contribution in [0.5, 0.6) is 0 Å². The fourth-order valence-corrected chi connectivity index (χ4v) is 2.18. The zero-order chi connectivity index (χ0) is 15.6. The van der Waals surface area contributed by atoms with Crippen molar-refractivity contribution in [3.63, 3.8) is 0 Å². The van der Waals surface area contributed by atoms with Gasteiger partial charge in [-0.15, -0.1) is 0 Å². The Morgan fingerprint density at radius 1 is 1.19 bits per heavy atom. The molecule has 0 saturated heterocycles. The van der Waals surface area contributed by atoms with Gasteiger partial charge in [-0.3, -0.25) is 4.79 Å². The molecule has 0 radical (unpaired) electrons. The van der Waals surface area contributed by atoms with Crippen molar-refractivity contribution in [2.45, 2.75) is 0 Å². The summed E-state index contributed by atoms with van der Waals surface area (Å²) in [4.78, 5) is 23.2. The zero-order valence-electron chi connectivity index (χ0n) is 10.4. The fraction of sp³-hybridized carbons (Fsp3) is 0. The Bertz CT molecular complexity index is 736. The van der Waals surface area contributed by atoms with Crippen molar-refractivity contribution in [2.75, 3.05) is 5.32 Å². The van der Waals surface area contributed by atoms with Gasteiger partial charge in [-0.2, -0.15) is 0 Å². The summed E-state index contributed by atoms with van der Waals surface area (Å²) < 4.78 is 13.7. The van der Waals surface area contributed by atoms with Crippen molar-refractivity contribution >= 4 is 45.1 Å². The second-order valence-corrected chi connectivity index (χ2v) is 5.40. The van der Waals surface area contributed by atoms with Crippen LogP contribution in [0.3, 0.4) is 0 Å². The van der Waals surface area contributed by atoms with E-state index in [1.807, 2.05) is 0 Å². The smallest absolute Gasteiger partial charge is 0.337 e. The highest BCUT2D eigenvalue weighted by Gasteiger charge is 2.15. The van der Waals surface area contributed by atoms with Crippen LogP contribution in [0.1, 0.15) is 20.7 Å². The van der Waals surface area contributed by atoms with Crippen molar-refractivity contribution in [1.29, 1.82) is 0 Å². The van der Waals surface area contributed by atoms with E-state index in [9.17, 15) is 14.0 Å². The maximum Gasteiger partial charge on any atom is 0.337 e. The summed E-state index contributed by atoms with van der Waals surface area (Å²) in [7, 11) is 0. The van der Waals surface area contributed by atoms with Gasteiger partial charge >= 0.3 is 5.97 Å². The monoisotopic (exact) mass is 371 g/mol. The summed E-state index contributed by atoms with van der Waals surface area (Å²) in [6.07, 6.45) is 0. The van der Waals surface area contributed by atoms with E-state index in [1.165, 1.54) is 24.3 Å². The maximum atomic E-state index is 13.1. The van der Waals surface area contributed by atoms with Gasteiger partial charge in [0.25, 0.3) is 5.91 Å². The number of carbonyl (C=O) groups is 2. The van der Waals surface area contributed by atoms with Crippen molar-refractivity contribution in [3.8, 4) is 0 Å². The van der Waals surface area contributed by atoms with E-state index in [-0.39, 0.29) is 21.8 Å². The molecule has 2 aromatic carbocycles. The molecule has 0 aromatic heterocycles. The van der Waals surface area contributed by atoms with Crippen LogP contribution in [0.15, 0.2) is 40.9 Å². The van der Waals surface area contributed by atoms with E-state index >= 15 is 0 Å². The van der Waals surface area contributed by atoms with Crippen molar-refractivity contribution in [2.24, 2.45) is 0 Å². The van der Waals surface area contributed by atoms with Crippen LogP contribution in [0.4, 0.5) is 10.1 Å². The number of halogens is 3. The first-order chi connectivity index (χ1) is 9.88. The van der Waals surface area contributed by atoms with Crippen molar-refractivity contribution in [1.82, 2.24) is 0 Å². The number of hydrogen-bond donors (Lipinski definition) is 2. The molecule has 2 aromatic rings. The molecule has 108 valence electrons. The van der Waals surface area contributed by atoms with Gasteiger partial charge in [-0.25, -0.2) is 9.18 Å². The lowest BCUT2D eigenvalue weighted by Gasteiger charge is -2.09. The number of carbonyl (C=O) groups excluding carboxylic acids is 1. The highest BCUT2D eigenvalue weighted by molar-refractivity contribution is 9.10. The molecule has 0 bridgehead atoms. The van der Waals surface area contributed by atoms with E-state index in [4.69, 9.17) is 16.7 Å². The van der Waals surface area contributed by atoms with Crippen LogP contribution in [-0.4, -0.2) is 17.0 Å². The minimum atomic E-state index is -1.17. The van der Waals surface area contributed by atoms with Gasteiger partial charge < -0.3 is 10.4 Å². The number of amides is 1. The molecule has 4 nitrogen and oxygen atoms in total. The normalized spacial score (nSPS) is 10.2. The molecule has 1 amide bonds. The highest BCUT2D eigenvalue weighted by atomic mass is 79.9. The summed E-state index contributed by atoms with van der Waals surface area (Å²) in [6, 6.07) is 7.87. The highest BCUT2D eigenvalue weighted by Crippen LogP contribution is 2.23. The quantitative estimate of drug-likeness (QED) is 0.849. The standard InChI is InChI=1S/C14H8BrClFNO3/c15-8-2-3-9(14(20)21)12(6-8)18-13(19)7-1-4-11(17)10(16)5-7/h1-6H,(H,18,19)(H,20,21). The van der Waals surface area contributed by atoms with Gasteiger partial charge in [0.15, 0.2) is 0 Å².